The van der Waals surface area contributed by atoms with Crippen molar-refractivity contribution in [3.05, 3.63) is 59.4 Å². The molecular weight excluding hydrogens is 331 g/mol. The van der Waals surface area contributed by atoms with Gasteiger partial charge >= 0.3 is 0 Å². The summed E-state index contributed by atoms with van der Waals surface area (Å²) in [5.74, 6) is 0.571. The number of carbonyl (C=O) groups is 1. The van der Waals surface area contributed by atoms with E-state index in [4.69, 9.17) is 4.74 Å². The third kappa shape index (κ3) is 4.34. The molecule has 1 heterocycles. The lowest BCUT2D eigenvalue weighted by Gasteiger charge is -2.24. The molecule has 2 aromatic carbocycles. The summed E-state index contributed by atoms with van der Waals surface area (Å²) in [5.41, 5.74) is 3.07. The Hall–Kier alpha value is -2.56. The van der Waals surface area contributed by atoms with Crippen LogP contribution in [0.1, 0.15) is 17.5 Å². The quantitative estimate of drug-likeness (QED) is 0.840. The maximum atomic E-state index is 13.1. The van der Waals surface area contributed by atoms with Gasteiger partial charge in [0, 0.05) is 31.9 Å². The third-order valence-corrected chi connectivity index (χ3v) is 4.79. The van der Waals surface area contributed by atoms with Gasteiger partial charge in [-0.3, -0.25) is 4.79 Å². The molecule has 26 heavy (non-hydrogen) atoms. The topological polar surface area (TPSA) is 32.8 Å². The van der Waals surface area contributed by atoms with Crippen molar-refractivity contribution in [3.8, 4) is 5.75 Å². The molecule has 1 amide bonds. The second-order valence-electron chi connectivity index (χ2n) is 6.71. The highest BCUT2D eigenvalue weighted by molar-refractivity contribution is 5.78. The second-order valence-corrected chi connectivity index (χ2v) is 6.71. The van der Waals surface area contributed by atoms with Crippen LogP contribution in [0.3, 0.4) is 0 Å². The molecule has 0 N–H and O–H groups in total. The van der Waals surface area contributed by atoms with E-state index >= 15 is 0 Å². The van der Waals surface area contributed by atoms with Crippen molar-refractivity contribution >= 4 is 11.6 Å². The summed E-state index contributed by atoms with van der Waals surface area (Å²) in [6.07, 6.45) is 0.881. The molecule has 0 bridgehead atoms. The Balaban J connectivity index is 1.56. The van der Waals surface area contributed by atoms with E-state index in [0.29, 0.717) is 13.1 Å². The molecule has 1 fully saturated rings. The fourth-order valence-electron chi connectivity index (χ4n) is 3.33. The molecule has 0 spiro atoms. The van der Waals surface area contributed by atoms with Gasteiger partial charge in [0.05, 0.1) is 0 Å². The number of rotatable bonds is 4. The lowest BCUT2D eigenvalue weighted by atomic mass is 10.1. The van der Waals surface area contributed by atoms with Crippen molar-refractivity contribution in [1.29, 1.82) is 0 Å². The third-order valence-electron chi connectivity index (χ3n) is 4.79. The first-order valence-corrected chi connectivity index (χ1v) is 9.02. The number of aryl methyl sites for hydroxylation is 2. The molecule has 0 unspecified atom stereocenters. The van der Waals surface area contributed by atoms with Gasteiger partial charge in [0.2, 0.25) is 0 Å². The average Bonchev–Trinajstić information content (AvgIpc) is 2.88. The Morgan fingerprint density at radius 2 is 1.69 bits per heavy atom. The van der Waals surface area contributed by atoms with Crippen molar-refractivity contribution in [2.45, 2.75) is 20.3 Å². The maximum Gasteiger partial charge on any atom is 0.260 e. The zero-order chi connectivity index (χ0) is 18.5. The molecule has 4 nitrogen and oxygen atoms in total. The van der Waals surface area contributed by atoms with Crippen LogP contribution in [0, 0.1) is 19.7 Å². The molecule has 138 valence electrons. The molecule has 0 saturated carbocycles. The minimum atomic E-state index is -0.232. The van der Waals surface area contributed by atoms with Crippen molar-refractivity contribution in [1.82, 2.24) is 4.90 Å². The number of anilines is 1. The van der Waals surface area contributed by atoms with E-state index in [0.717, 1.165) is 42.1 Å². The van der Waals surface area contributed by atoms with E-state index in [9.17, 15) is 9.18 Å². The SMILES string of the molecule is Cc1cccc(C)c1OCC(=O)N1CCCN(c2ccc(F)cc2)CC1. The largest absolute Gasteiger partial charge is 0.483 e. The Bertz CT molecular complexity index is 741. The van der Waals surface area contributed by atoms with Crippen LogP contribution in [0.2, 0.25) is 0 Å². The second kappa shape index (κ2) is 8.21. The van der Waals surface area contributed by atoms with Crippen LogP contribution in [-0.2, 0) is 4.79 Å². The molecule has 0 radical (unpaired) electrons. The first-order valence-electron chi connectivity index (χ1n) is 9.02. The predicted octanol–water partition coefficient (Wildman–Crippen LogP) is 3.56. The van der Waals surface area contributed by atoms with Gasteiger partial charge < -0.3 is 14.5 Å². The van der Waals surface area contributed by atoms with Crippen LogP contribution in [0.5, 0.6) is 5.75 Å². The van der Waals surface area contributed by atoms with E-state index in [1.54, 1.807) is 12.1 Å². The lowest BCUT2D eigenvalue weighted by molar-refractivity contribution is -0.133. The van der Waals surface area contributed by atoms with Crippen molar-refractivity contribution in [2.24, 2.45) is 0 Å². The molecule has 5 heteroatoms. The van der Waals surface area contributed by atoms with Gasteiger partial charge in [0.15, 0.2) is 6.61 Å². The molecule has 3 rings (SSSR count). The Kier molecular flexibility index (Phi) is 5.76. The molecule has 0 atom stereocenters. The first kappa shape index (κ1) is 18.2. The van der Waals surface area contributed by atoms with Gasteiger partial charge in [-0.05, 0) is 55.7 Å². The summed E-state index contributed by atoms with van der Waals surface area (Å²) in [6, 6.07) is 12.5. The predicted molar refractivity (Wildman–Crippen MR) is 101 cm³/mol. The standard InChI is InChI=1S/C21H25FN2O2/c1-16-5-3-6-17(2)21(16)26-15-20(25)24-12-4-11-23(13-14-24)19-9-7-18(22)8-10-19/h3,5-10H,4,11-15H2,1-2H3. The summed E-state index contributed by atoms with van der Waals surface area (Å²) < 4.78 is 18.9. The molecule has 0 aliphatic carbocycles. The molecule has 2 aromatic rings. The first-order chi connectivity index (χ1) is 12.5. The lowest BCUT2D eigenvalue weighted by Crippen LogP contribution is -2.38. The van der Waals surface area contributed by atoms with Crippen LogP contribution in [0.15, 0.2) is 42.5 Å². The number of hydrogen-bond acceptors (Lipinski definition) is 3. The minimum absolute atomic E-state index is 0.00797. The van der Waals surface area contributed by atoms with Crippen LogP contribution < -0.4 is 9.64 Å². The zero-order valence-electron chi connectivity index (χ0n) is 15.4. The fourth-order valence-corrected chi connectivity index (χ4v) is 3.33. The minimum Gasteiger partial charge on any atom is -0.483 e. The summed E-state index contributed by atoms with van der Waals surface area (Å²) >= 11 is 0. The Morgan fingerprint density at radius 1 is 1.00 bits per heavy atom. The normalized spacial score (nSPS) is 14.9. The summed E-state index contributed by atoms with van der Waals surface area (Å²) in [4.78, 5) is 16.6. The van der Waals surface area contributed by atoms with Crippen LogP contribution in [0.4, 0.5) is 10.1 Å². The molecule has 1 saturated heterocycles. The highest BCUT2D eigenvalue weighted by Crippen LogP contribution is 2.22. The number of nitrogens with zero attached hydrogens (tertiary/aromatic N) is 2. The average molecular weight is 356 g/mol. The number of ether oxygens (including phenoxy) is 1. The van der Waals surface area contributed by atoms with E-state index in [1.165, 1.54) is 12.1 Å². The van der Waals surface area contributed by atoms with Crippen LogP contribution in [0.25, 0.3) is 0 Å². The van der Waals surface area contributed by atoms with E-state index in [2.05, 4.69) is 4.90 Å². The fraction of sp³-hybridized carbons (Fsp3) is 0.381. The Labute approximate surface area is 154 Å². The number of carbonyl (C=O) groups excluding carboxylic acids is 1. The molecule has 1 aliphatic heterocycles. The van der Waals surface area contributed by atoms with E-state index in [1.807, 2.05) is 36.9 Å². The maximum absolute atomic E-state index is 13.1. The van der Waals surface area contributed by atoms with E-state index in [-0.39, 0.29) is 18.3 Å². The zero-order valence-corrected chi connectivity index (χ0v) is 15.4. The van der Waals surface area contributed by atoms with Gasteiger partial charge in [0.1, 0.15) is 11.6 Å². The number of hydrogen-bond donors (Lipinski definition) is 0. The van der Waals surface area contributed by atoms with Crippen molar-refractivity contribution < 1.29 is 13.9 Å². The van der Waals surface area contributed by atoms with Crippen LogP contribution in [-0.4, -0.2) is 43.6 Å². The summed E-state index contributed by atoms with van der Waals surface area (Å²) in [6.45, 7) is 6.98. The number of amides is 1. The number of benzene rings is 2. The van der Waals surface area contributed by atoms with Gasteiger partial charge in [0.25, 0.3) is 5.91 Å². The highest BCUT2D eigenvalue weighted by Gasteiger charge is 2.20. The molecule has 0 aromatic heterocycles. The van der Waals surface area contributed by atoms with Crippen molar-refractivity contribution in [3.63, 3.8) is 0 Å². The number of halogens is 1. The number of para-hydroxylation sites is 1. The van der Waals surface area contributed by atoms with Gasteiger partial charge in [-0.1, -0.05) is 18.2 Å². The van der Waals surface area contributed by atoms with Crippen LogP contribution >= 0.6 is 0 Å². The molecule has 1 aliphatic rings. The van der Waals surface area contributed by atoms with E-state index < -0.39 is 0 Å². The monoisotopic (exact) mass is 356 g/mol. The summed E-state index contributed by atoms with van der Waals surface area (Å²) in [5, 5.41) is 0. The smallest absolute Gasteiger partial charge is 0.260 e. The molecular formula is C21H25FN2O2. The van der Waals surface area contributed by atoms with Gasteiger partial charge in [-0.15, -0.1) is 0 Å². The van der Waals surface area contributed by atoms with Gasteiger partial charge in [-0.2, -0.15) is 0 Å². The highest BCUT2D eigenvalue weighted by atomic mass is 19.1. The van der Waals surface area contributed by atoms with Gasteiger partial charge in [-0.25, -0.2) is 4.39 Å². The summed E-state index contributed by atoms with van der Waals surface area (Å²) in [7, 11) is 0. The Morgan fingerprint density at radius 3 is 2.38 bits per heavy atom. The van der Waals surface area contributed by atoms with Crippen molar-refractivity contribution in [2.75, 3.05) is 37.7 Å².